The number of nitrogens with zero attached hydrogens (tertiary/aromatic N) is 2. The highest BCUT2D eigenvalue weighted by Gasteiger charge is 2.21. The van der Waals surface area contributed by atoms with E-state index in [-0.39, 0.29) is 12.6 Å². The summed E-state index contributed by atoms with van der Waals surface area (Å²) in [5.74, 6) is 0.209. The molecule has 5 nitrogen and oxygen atoms in total. The first-order valence-electron chi connectivity index (χ1n) is 8.49. The molecular weight excluding hydrogens is 328 g/mol. The molecule has 132 valence electrons. The van der Waals surface area contributed by atoms with Crippen LogP contribution in [0.4, 0.5) is 0 Å². The van der Waals surface area contributed by atoms with E-state index in [1.54, 1.807) is 13.0 Å². The van der Waals surface area contributed by atoms with Crippen molar-refractivity contribution >= 4 is 16.9 Å². The van der Waals surface area contributed by atoms with Crippen LogP contribution in [0.25, 0.3) is 10.9 Å². The molecule has 0 aliphatic rings. The van der Waals surface area contributed by atoms with E-state index < -0.39 is 0 Å². The Bertz CT molecular complexity index is 968. The van der Waals surface area contributed by atoms with Gasteiger partial charge in [-0.1, -0.05) is 30.3 Å². The molecule has 0 radical (unpaired) electrons. The fourth-order valence-electron chi connectivity index (χ4n) is 3.10. The average molecular weight is 348 g/mol. The highest BCUT2D eigenvalue weighted by atomic mass is 16.5. The molecule has 1 heterocycles. The quantitative estimate of drug-likeness (QED) is 0.630. The van der Waals surface area contributed by atoms with Crippen LogP contribution in [0.3, 0.4) is 0 Å². The molecule has 0 unspecified atom stereocenters. The van der Waals surface area contributed by atoms with Gasteiger partial charge < -0.3 is 14.0 Å². The monoisotopic (exact) mass is 348 g/mol. The number of esters is 1. The van der Waals surface area contributed by atoms with Crippen LogP contribution in [-0.4, -0.2) is 23.8 Å². The van der Waals surface area contributed by atoms with Gasteiger partial charge in [0.1, 0.15) is 11.8 Å². The number of aromatic nitrogens is 1. The summed E-state index contributed by atoms with van der Waals surface area (Å²) in [5.41, 5.74) is 3.46. The van der Waals surface area contributed by atoms with Crippen molar-refractivity contribution in [3.05, 3.63) is 65.4 Å². The molecule has 2 aromatic carbocycles. The third-order valence-corrected chi connectivity index (χ3v) is 4.26. The highest BCUT2D eigenvalue weighted by molar-refractivity contribution is 6.06. The first kappa shape index (κ1) is 17.6. The largest absolute Gasteiger partial charge is 0.479 e. The number of carbonyl (C=O) groups excluding carboxylic acids is 1. The second kappa shape index (κ2) is 7.75. The van der Waals surface area contributed by atoms with E-state index in [4.69, 9.17) is 14.7 Å². The summed E-state index contributed by atoms with van der Waals surface area (Å²) >= 11 is 0. The van der Waals surface area contributed by atoms with Gasteiger partial charge in [0.15, 0.2) is 6.61 Å². The second-order valence-electron chi connectivity index (χ2n) is 5.88. The number of rotatable bonds is 6. The van der Waals surface area contributed by atoms with E-state index in [2.05, 4.69) is 16.7 Å². The Morgan fingerprint density at radius 2 is 1.96 bits per heavy atom. The molecule has 0 fully saturated rings. The Morgan fingerprint density at radius 1 is 1.19 bits per heavy atom. The van der Waals surface area contributed by atoms with E-state index in [9.17, 15) is 4.79 Å². The number of fused-ring (bicyclic) bond motifs is 1. The highest BCUT2D eigenvalue weighted by Crippen LogP contribution is 2.31. The van der Waals surface area contributed by atoms with Gasteiger partial charge in [0.25, 0.3) is 0 Å². The SMILES string of the molecule is CCOC(=O)c1c(C)n(Cc2ccccc2)c2ccc(OCC#N)cc12. The van der Waals surface area contributed by atoms with Gasteiger partial charge in [0.05, 0.1) is 12.2 Å². The summed E-state index contributed by atoms with van der Waals surface area (Å²) in [4.78, 5) is 12.5. The molecule has 0 amide bonds. The van der Waals surface area contributed by atoms with E-state index in [0.29, 0.717) is 24.5 Å². The second-order valence-corrected chi connectivity index (χ2v) is 5.88. The lowest BCUT2D eigenvalue weighted by Gasteiger charge is -2.09. The van der Waals surface area contributed by atoms with E-state index in [1.807, 2.05) is 43.3 Å². The lowest BCUT2D eigenvalue weighted by Crippen LogP contribution is -2.08. The smallest absolute Gasteiger partial charge is 0.340 e. The van der Waals surface area contributed by atoms with Crippen molar-refractivity contribution < 1.29 is 14.3 Å². The predicted octanol–water partition coefficient (Wildman–Crippen LogP) is 4.08. The Balaban J connectivity index is 2.13. The van der Waals surface area contributed by atoms with Crippen LogP contribution in [0.5, 0.6) is 5.75 Å². The minimum Gasteiger partial charge on any atom is -0.479 e. The zero-order valence-corrected chi connectivity index (χ0v) is 14.9. The number of ether oxygens (including phenoxy) is 2. The maximum atomic E-state index is 12.5. The average Bonchev–Trinajstić information content (AvgIpc) is 2.92. The van der Waals surface area contributed by atoms with Gasteiger partial charge >= 0.3 is 5.97 Å². The van der Waals surface area contributed by atoms with Gasteiger partial charge in [-0.15, -0.1) is 0 Å². The van der Waals surface area contributed by atoms with Crippen LogP contribution in [0.2, 0.25) is 0 Å². The third-order valence-electron chi connectivity index (χ3n) is 4.26. The summed E-state index contributed by atoms with van der Waals surface area (Å²) < 4.78 is 12.8. The zero-order chi connectivity index (χ0) is 18.5. The van der Waals surface area contributed by atoms with Crippen molar-refractivity contribution in [2.75, 3.05) is 13.2 Å². The third kappa shape index (κ3) is 3.40. The molecule has 0 bridgehead atoms. The van der Waals surface area contributed by atoms with Gasteiger partial charge in [-0.05, 0) is 37.6 Å². The van der Waals surface area contributed by atoms with Crippen molar-refractivity contribution in [2.24, 2.45) is 0 Å². The summed E-state index contributed by atoms with van der Waals surface area (Å²) in [7, 11) is 0. The topological polar surface area (TPSA) is 64.2 Å². The van der Waals surface area contributed by atoms with E-state index in [0.717, 1.165) is 22.2 Å². The number of benzene rings is 2. The van der Waals surface area contributed by atoms with E-state index in [1.165, 1.54) is 0 Å². The lowest BCUT2D eigenvalue weighted by atomic mass is 10.1. The molecule has 5 heteroatoms. The van der Waals surface area contributed by atoms with Crippen LogP contribution >= 0.6 is 0 Å². The minimum atomic E-state index is -0.348. The molecule has 0 saturated carbocycles. The maximum absolute atomic E-state index is 12.5. The van der Waals surface area contributed by atoms with Crippen LogP contribution in [0, 0.1) is 18.3 Å². The molecule has 0 saturated heterocycles. The van der Waals surface area contributed by atoms with Gasteiger partial charge in [-0.2, -0.15) is 5.26 Å². The lowest BCUT2D eigenvalue weighted by molar-refractivity contribution is 0.0527. The number of nitriles is 1. The summed E-state index contributed by atoms with van der Waals surface area (Å²) in [6.45, 7) is 4.64. The van der Waals surface area contributed by atoms with Gasteiger partial charge in [0.2, 0.25) is 0 Å². The Labute approximate surface area is 152 Å². The molecule has 0 aliphatic carbocycles. The Kier molecular flexibility index (Phi) is 5.23. The number of hydrogen-bond acceptors (Lipinski definition) is 4. The number of hydrogen-bond donors (Lipinski definition) is 0. The molecular formula is C21H20N2O3. The summed E-state index contributed by atoms with van der Waals surface area (Å²) in [6.07, 6.45) is 0. The maximum Gasteiger partial charge on any atom is 0.340 e. The summed E-state index contributed by atoms with van der Waals surface area (Å²) in [6, 6.07) is 17.6. The molecule has 1 aromatic heterocycles. The van der Waals surface area contributed by atoms with Gasteiger partial charge in [-0.3, -0.25) is 0 Å². The van der Waals surface area contributed by atoms with Crippen LogP contribution in [0.1, 0.15) is 28.5 Å². The molecule has 3 aromatic rings. The summed E-state index contributed by atoms with van der Waals surface area (Å²) in [5, 5.41) is 9.48. The normalized spacial score (nSPS) is 10.5. The van der Waals surface area contributed by atoms with Gasteiger partial charge in [-0.25, -0.2) is 4.79 Å². The fraction of sp³-hybridized carbons (Fsp3) is 0.238. The molecule has 26 heavy (non-hydrogen) atoms. The predicted molar refractivity (Wildman–Crippen MR) is 99.3 cm³/mol. The Morgan fingerprint density at radius 3 is 2.65 bits per heavy atom. The molecule has 0 atom stereocenters. The number of carbonyl (C=O) groups is 1. The van der Waals surface area contributed by atoms with Crippen molar-refractivity contribution in [3.63, 3.8) is 0 Å². The molecule has 3 rings (SSSR count). The van der Waals surface area contributed by atoms with Gasteiger partial charge in [0, 0.05) is 23.1 Å². The molecule has 0 N–H and O–H groups in total. The van der Waals surface area contributed by atoms with Crippen LogP contribution in [-0.2, 0) is 11.3 Å². The van der Waals surface area contributed by atoms with Crippen molar-refractivity contribution in [1.82, 2.24) is 4.57 Å². The van der Waals surface area contributed by atoms with Crippen LogP contribution < -0.4 is 4.74 Å². The van der Waals surface area contributed by atoms with Crippen molar-refractivity contribution in [2.45, 2.75) is 20.4 Å². The molecule has 0 spiro atoms. The van der Waals surface area contributed by atoms with Crippen molar-refractivity contribution in [1.29, 1.82) is 5.26 Å². The Hall–Kier alpha value is -3.26. The fourth-order valence-corrected chi connectivity index (χ4v) is 3.10. The molecule has 0 aliphatic heterocycles. The standard InChI is InChI=1S/C21H20N2O3/c1-3-25-21(24)20-15(2)23(14-16-7-5-4-6-8-16)19-10-9-17(13-18(19)20)26-12-11-22/h4-10,13H,3,12,14H2,1-2H3. The van der Waals surface area contributed by atoms with Crippen LogP contribution in [0.15, 0.2) is 48.5 Å². The van der Waals surface area contributed by atoms with E-state index >= 15 is 0 Å². The van der Waals surface area contributed by atoms with Crippen molar-refractivity contribution in [3.8, 4) is 11.8 Å². The minimum absolute atomic E-state index is 0.0377. The zero-order valence-electron chi connectivity index (χ0n) is 14.9. The first-order chi connectivity index (χ1) is 12.7. The first-order valence-corrected chi connectivity index (χ1v) is 8.49.